The van der Waals surface area contributed by atoms with Gasteiger partial charge in [-0.1, -0.05) is 41.4 Å². The molecular formula is C23H19Cl2F3N2O3S2. The van der Waals surface area contributed by atoms with E-state index in [2.05, 4.69) is 4.72 Å². The molecule has 0 aliphatic heterocycles. The molecule has 0 fully saturated rings. The number of nitrogens with zero attached hydrogens (tertiary/aromatic N) is 1. The Hall–Kier alpha value is -2.40. The van der Waals surface area contributed by atoms with Crippen LogP contribution in [0.4, 0.5) is 18.9 Å². The molecule has 0 saturated carbocycles. The Kier molecular flexibility index (Phi) is 8.31. The highest BCUT2D eigenvalue weighted by molar-refractivity contribution is 7.98. The number of sulfonamides is 1. The number of amides is 1. The van der Waals surface area contributed by atoms with E-state index in [9.17, 15) is 26.4 Å². The summed E-state index contributed by atoms with van der Waals surface area (Å²) in [6, 6.07) is 13.9. The molecule has 0 aliphatic rings. The average Bonchev–Trinajstić information content (AvgIpc) is 2.77. The number of halogens is 5. The number of anilines is 1. The van der Waals surface area contributed by atoms with E-state index >= 15 is 0 Å². The number of alkyl halides is 3. The quantitative estimate of drug-likeness (QED) is 0.321. The van der Waals surface area contributed by atoms with Gasteiger partial charge >= 0.3 is 6.18 Å². The van der Waals surface area contributed by atoms with Crippen molar-refractivity contribution in [3.8, 4) is 0 Å². The van der Waals surface area contributed by atoms with E-state index in [0.717, 1.165) is 17.7 Å². The monoisotopic (exact) mass is 562 g/mol. The maximum atomic E-state index is 13.2. The maximum absolute atomic E-state index is 13.2. The van der Waals surface area contributed by atoms with Crippen LogP contribution in [0.5, 0.6) is 0 Å². The van der Waals surface area contributed by atoms with Crippen LogP contribution in [-0.2, 0) is 22.0 Å². The molecule has 5 nitrogen and oxygen atoms in total. The van der Waals surface area contributed by atoms with E-state index in [-0.39, 0.29) is 16.6 Å². The predicted octanol–water partition coefficient (Wildman–Crippen LogP) is 6.81. The van der Waals surface area contributed by atoms with Crippen molar-refractivity contribution < 1.29 is 26.4 Å². The Morgan fingerprint density at radius 2 is 1.71 bits per heavy atom. The highest BCUT2D eigenvalue weighted by Gasteiger charge is 2.34. The second kappa shape index (κ2) is 10.7. The van der Waals surface area contributed by atoms with Crippen molar-refractivity contribution in [2.75, 3.05) is 18.8 Å². The summed E-state index contributed by atoms with van der Waals surface area (Å²) in [5.74, 6) is 0.145. The van der Waals surface area contributed by atoms with Gasteiger partial charge in [0, 0.05) is 35.3 Å². The van der Waals surface area contributed by atoms with Crippen LogP contribution in [0.25, 0.3) is 0 Å². The van der Waals surface area contributed by atoms with Gasteiger partial charge in [0.25, 0.3) is 15.9 Å². The van der Waals surface area contributed by atoms with Crippen molar-refractivity contribution in [2.24, 2.45) is 0 Å². The summed E-state index contributed by atoms with van der Waals surface area (Å²) in [6.07, 6.45) is -4.82. The predicted molar refractivity (Wildman–Crippen MR) is 133 cm³/mol. The molecule has 0 spiro atoms. The Morgan fingerprint density at radius 3 is 2.37 bits per heavy atom. The summed E-state index contributed by atoms with van der Waals surface area (Å²) in [4.78, 5) is 13.8. The number of hydrogen-bond acceptors (Lipinski definition) is 4. The number of carbonyl (C=O) groups excluding carboxylic acids is 1. The van der Waals surface area contributed by atoms with Gasteiger partial charge in [-0.2, -0.15) is 13.2 Å². The smallest absolute Gasteiger partial charge is 0.345 e. The van der Waals surface area contributed by atoms with Crippen LogP contribution >= 0.6 is 35.0 Å². The fraction of sp³-hybridized carbons (Fsp3) is 0.174. The second-order valence-electron chi connectivity index (χ2n) is 7.53. The first kappa shape index (κ1) is 27.2. The molecule has 0 aromatic heterocycles. The van der Waals surface area contributed by atoms with Gasteiger partial charge < -0.3 is 4.90 Å². The molecule has 12 heteroatoms. The second-order valence-corrected chi connectivity index (χ2v) is 11.1. The van der Waals surface area contributed by atoms with Crippen molar-refractivity contribution in [2.45, 2.75) is 21.7 Å². The average molecular weight is 563 g/mol. The Labute approximate surface area is 215 Å². The molecule has 0 radical (unpaired) electrons. The molecule has 0 atom stereocenters. The largest absolute Gasteiger partial charge is 0.417 e. The molecule has 186 valence electrons. The van der Waals surface area contributed by atoms with E-state index in [1.54, 1.807) is 50.5 Å². The van der Waals surface area contributed by atoms with Gasteiger partial charge in [0.2, 0.25) is 0 Å². The molecule has 0 aliphatic carbocycles. The van der Waals surface area contributed by atoms with Crippen LogP contribution in [0.1, 0.15) is 21.5 Å². The molecule has 1 N–H and O–H groups in total. The fourth-order valence-electron chi connectivity index (χ4n) is 3.05. The van der Waals surface area contributed by atoms with Crippen LogP contribution in [0.3, 0.4) is 0 Å². The van der Waals surface area contributed by atoms with Gasteiger partial charge in [-0.15, -0.1) is 11.8 Å². The van der Waals surface area contributed by atoms with E-state index in [1.165, 1.54) is 22.7 Å². The summed E-state index contributed by atoms with van der Waals surface area (Å²) in [6.45, 7) is 0. The minimum Gasteiger partial charge on any atom is -0.345 e. The van der Waals surface area contributed by atoms with Gasteiger partial charge in [-0.25, -0.2) is 8.42 Å². The fourth-order valence-corrected chi connectivity index (χ4v) is 5.60. The lowest BCUT2D eigenvalue weighted by Crippen LogP contribution is -2.22. The summed E-state index contributed by atoms with van der Waals surface area (Å²) in [7, 11) is -1.13. The maximum Gasteiger partial charge on any atom is 0.417 e. The third kappa shape index (κ3) is 6.63. The summed E-state index contributed by atoms with van der Waals surface area (Å²) in [5, 5.41) is -0.385. The van der Waals surface area contributed by atoms with Gasteiger partial charge in [-0.05, 0) is 48.0 Å². The molecule has 3 aromatic carbocycles. The number of nitrogens with one attached hydrogen (secondary N) is 1. The van der Waals surface area contributed by atoms with Crippen molar-refractivity contribution in [3.05, 3.63) is 87.4 Å². The van der Waals surface area contributed by atoms with Crippen LogP contribution < -0.4 is 4.72 Å². The lowest BCUT2D eigenvalue weighted by Gasteiger charge is -2.16. The summed E-state index contributed by atoms with van der Waals surface area (Å²) < 4.78 is 67.8. The van der Waals surface area contributed by atoms with Gasteiger partial charge in [0.1, 0.15) is 0 Å². The minimum atomic E-state index is -4.82. The summed E-state index contributed by atoms with van der Waals surface area (Å²) in [5.41, 5.74) is 0.0572. The molecule has 1 amide bonds. The lowest BCUT2D eigenvalue weighted by atomic mass is 10.1. The number of rotatable bonds is 7. The van der Waals surface area contributed by atoms with Gasteiger partial charge in [0.05, 0.1) is 21.2 Å². The molecule has 35 heavy (non-hydrogen) atoms. The SMILES string of the molecule is CN(C)C(=O)c1ccccc1CSc1ccc(Cl)cc1NS(=O)(=O)c1ccc(Cl)c(C(F)(F)F)c1. The van der Waals surface area contributed by atoms with Crippen molar-refractivity contribution in [1.29, 1.82) is 0 Å². The number of benzene rings is 3. The first-order valence-electron chi connectivity index (χ1n) is 9.91. The highest BCUT2D eigenvalue weighted by Crippen LogP contribution is 2.37. The number of carbonyl (C=O) groups is 1. The molecule has 3 aromatic rings. The molecule has 3 rings (SSSR count). The Morgan fingerprint density at radius 1 is 1.03 bits per heavy atom. The third-order valence-electron chi connectivity index (χ3n) is 4.78. The summed E-state index contributed by atoms with van der Waals surface area (Å²) >= 11 is 12.9. The zero-order valence-corrected chi connectivity index (χ0v) is 21.5. The zero-order valence-electron chi connectivity index (χ0n) is 18.4. The molecule has 0 heterocycles. The first-order valence-corrected chi connectivity index (χ1v) is 13.1. The van der Waals surface area contributed by atoms with E-state index in [1.807, 2.05) is 0 Å². The molecular weight excluding hydrogens is 544 g/mol. The van der Waals surface area contributed by atoms with Crippen LogP contribution in [0.15, 0.2) is 70.5 Å². The number of thioether (sulfide) groups is 1. The van der Waals surface area contributed by atoms with Gasteiger partial charge in [-0.3, -0.25) is 9.52 Å². The van der Waals surface area contributed by atoms with E-state index in [0.29, 0.717) is 22.3 Å². The van der Waals surface area contributed by atoms with E-state index < -0.39 is 31.7 Å². The Balaban J connectivity index is 1.91. The lowest BCUT2D eigenvalue weighted by molar-refractivity contribution is -0.137. The number of hydrogen-bond donors (Lipinski definition) is 1. The molecule has 0 bridgehead atoms. The molecule has 0 saturated heterocycles. The van der Waals surface area contributed by atoms with Gasteiger partial charge in [0.15, 0.2) is 0 Å². The van der Waals surface area contributed by atoms with Crippen LogP contribution in [-0.4, -0.2) is 33.3 Å². The zero-order chi connectivity index (χ0) is 26.0. The minimum absolute atomic E-state index is 0.0856. The normalized spacial score (nSPS) is 11.9. The topological polar surface area (TPSA) is 66.5 Å². The van der Waals surface area contributed by atoms with E-state index in [4.69, 9.17) is 23.2 Å². The van der Waals surface area contributed by atoms with Crippen molar-refractivity contribution in [1.82, 2.24) is 4.90 Å². The molecule has 0 unspecified atom stereocenters. The first-order chi connectivity index (χ1) is 16.3. The van der Waals surface area contributed by atoms with Crippen LogP contribution in [0, 0.1) is 0 Å². The van der Waals surface area contributed by atoms with Crippen molar-refractivity contribution >= 4 is 56.6 Å². The van der Waals surface area contributed by atoms with Crippen molar-refractivity contribution in [3.63, 3.8) is 0 Å². The highest BCUT2D eigenvalue weighted by atomic mass is 35.5. The van der Waals surface area contributed by atoms with Crippen LogP contribution in [0.2, 0.25) is 10.0 Å². The Bertz CT molecular complexity index is 1360. The third-order valence-corrected chi connectivity index (χ3v) is 7.83. The standard InChI is InChI=1S/C23H19Cl2F3N2O3S2/c1-30(2)22(31)17-6-4-3-5-14(17)13-34-21-10-7-15(24)11-20(21)29-35(32,33)16-8-9-19(25)18(12-16)23(26,27)28/h3-12,29H,13H2,1-2H3.